The maximum Gasteiger partial charge on any atom is 0.0946 e. The summed E-state index contributed by atoms with van der Waals surface area (Å²) in [7, 11) is 1.88. The average molecular weight is 330 g/mol. The zero-order valence-corrected chi connectivity index (χ0v) is 12.5. The van der Waals surface area contributed by atoms with E-state index in [0.29, 0.717) is 5.02 Å². The van der Waals surface area contributed by atoms with Crippen LogP contribution in [-0.2, 0) is 6.54 Å². The van der Waals surface area contributed by atoms with Crippen LogP contribution >= 0.6 is 27.5 Å². The van der Waals surface area contributed by atoms with E-state index in [1.165, 1.54) is 0 Å². The molecule has 0 bridgehead atoms. The Labute approximate surface area is 119 Å². The van der Waals surface area contributed by atoms with Gasteiger partial charge in [0, 0.05) is 12.7 Å². The van der Waals surface area contributed by atoms with E-state index in [2.05, 4.69) is 38.3 Å². The van der Waals surface area contributed by atoms with E-state index in [1.807, 2.05) is 23.9 Å². The van der Waals surface area contributed by atoms with Gasteiger partial charge in [-0.05, 0) is 42.0 Å². The number of hydrogen-bond acceptors (Lipinski definition) is 3. The van der Waals surface area contributed by atoms with Crippen molar-refractivity contribution in [2.45, 2.75) is 19.5 Å². The molecule has 1 N–H and O–H groups in total. The summed E-state index contributed by atoms with van der Waals surface area (Å²) in [5, 5.41) is 8.20. The van der Waals surface area contributed by atoms with E-state index < -0.39 is 0 Å². The van der Waals surface area contributed by atoms with Gasteiger partial charge in [-0.1, -0.05) is 11.6 Å². The molecule has 18 heavy (non-hydrogen) atoms. The van der Waals surface area contributed by atoms with Crippen LogP contribution in [0.5, 0.6) is 0 Å². The van der Waals surface area contributed by atoms with Crippen LogP contribution in [0.3, 0.4) is 0 Å². The van der Waals surface area contributed by atoms with Crippen molar-refractivity contribution < 1.29 is 0 Å². The SMILES string of the molecule is CCn1ncc(Br)c1C(NC)c1ncccc1Cl. The lowest BCUT2D eigenvalue weighted by atomic mass is 10.1. The molecule has 2 aromatic rings. The van der Waals surface area contributed by atoms with Gasteiger partial charge < -0.3 is 5.32 Å². The third-order valence-corrected chi connectivity index (χ3v) is 3.69. The first-order valence-electron chi connectivity index (χ1n) is 5.67. The fourth-order valence-electron chi connectivity index (χ4n) is 1.92. The molecule has 0 aliphatic heterocycles. The molecule has 2 heterocycles. The number of nitrogens with one attached hydrogen (secondary N) is 1. The first-order chi connectivity index (χ1) is 8.69. The Morgan fingerprint density at radius 1 is 1.56 bits per heavy atom. The first-order valence-corrected chi connectivity index (χ1v) is 6.85. The number of aromatic nitrogens is 3. The predicted molar refractivity (Wildman–Crippen MR) is 75.8 cm³/mol. The van der Waals surface area contributed by atoms with E-state index in [9.17, 15) is 0 Å². The van der Waals surface area contributed by atoms with Gasteiger partial charge in [-0.3, -0.25) is 9.67 Å². The van der Waals surface area contributed by atoms with Crippen LogP contribution < -0.4 is 5.32 Å². The molecule has 2 aromatic heterocycles. The van der Waals surface area contributed by atoms with Crippen LogP contribution in [0.4, 0.5) is 0 Å². The second kappa shape index (κ2) is 5.82. The number of hydrogen-bond donors (Lipinski definition) is 1. The van der Waals surface area contributed by atoms with Crippen molar-refractivity contribution in [2.75, 3.05) is 7.05 Å². The van der Waals surface area contributed by atoms with Gasteiger partial charge >= 0.3 is 0 Å². The van der Waals surface area contributed by atoms with Crippen molar-refractivity contribution >= 4 is 27.5 Å². The van der Waals surface area contributed by atoms with Crippen LogP contribution in [0.25, 0.3) is 0 Å². The smallest absolute Gasteiger partial charge is 0.0946 e. The average Bonchev–Trinajstić information content (AvgIpc) is 2.74. The lowest BCUT2D eigenvalue weighted by Crippen LogP contribution is -2.23. The minimum Gasteiger partial charge on any atom is -0.307 e. The van der Waals surface area contributed by atoms with E-state index in [0.717, 1.165) is 22.4 Å². The molecule has 0 saturated carbocycles. The Morgan fingerprint density at radius 3 is 2.94 bits per heavy atom. The fourth-order valence-corrected chi connectivity index (χ4v) is 2.68. The van der Waals surface area contributed by atoms with Gasteiger partial charge in [0.1, 0.15) is 0 Å². The molecule has 2 rings (SSSR count). The fraction of sp³-hybridized carbons (Fsp3) is 0.333. The highest BCUT2D eigenvalue weighted by molar-refractivity contribution is 9.10. The largest absolute Gasteiger partial charge is 0.307 e. The molecule has 0 amide bonds. The summed E-state index contributed by atoms with van der Waals surface area (Å²) in [6.07, 6.45) is 3.53. The number of aryl methyl sites for hydroxylation is 1. The molecule has 6 heteroatoms. The van der Waals surface area contributed by atoms with Crippen molar-refractivity contribution in [1.82, 2.24) is 20.1 Å². The Balaban J connectivity index is 2.52. The Kier molecular flexibility index (Phi) is 4.37. The lowest BCUT2D eigenvalue weighted by molar-refractivity contribution is 0.554. The Morgan fingerprint density at radius 2 is 2.33 bits per heavy atom. The highest BCUT2D eigenvalue weighted by atomic mass is 79.9. The van der Waals surface area contributed by atoms with Crippen LogP contribution in [0.15, 0.2) is 29.0 Å². The standard InChI is InChI=1S/C12H14BrClN4/c1-3-18-12(8(13)7-17-18)11(15-2)10-9(14)5-4-6-16-10/h4-7,11,15H,3H2,1-2H3. The number of rotatable bonds is 4. The molecule has 0 aromatic carbocycles. The summed E-state index contributed by atoms with van der Waals surface area (Å²) in [4.78, 5) is 4.37. The number of halogens is 2. The van der Waals surface area contributed by atoms with Gasteiger partial charge in [0.25, 0.3) is 0 Å². The van der Waals surface area contributed by atoms with Crippen LogP contribution in [0, 0.1) is 0 Å². The molecular formula is C12H14BrClN4. The van der Waals surface area contributed by atoms with E-state index in [-0.39, 0.29) is 6.04 Å². The van der Waals surface area contributed by atoms with E-state index in [4.69, 9.17) is 11.6 Å². The monoisotopic (exact) mass is 328 g/mol. The van der Waals surface area contributed by atoms with Crippen LogP contribution in [-0.4, -0.2) is 21.8 Å². The van der Waals surface area contributed by atoms with Gasteiger partial charge in [-0.15, -0.1) is 0 Å². The van der Waals surface area contributed by atoms with Gasteiger partial charge in [0.15, 0.2) is 0 Å². The molecule has 0 radical (unpaired) electrons. The molecular weight excluding hydrogens is 316 g/mol. The molecule has 0 aliphatic carbocycles. The Bertz CT molecular complexity index is 541. The summed E-state index contributed by atoms with van der Waals surface area (Å²) >= 11 is 9.74. The molecule has 0 aliphatic rings. The van der Waals surface area contributed by atoms with E-state index >= 15 is 0 Å². The molecule has 4 nitrogen and oxygen atoms in total. The summed E-state index contributed by atoms with van der Waals surface area (Å²) in [6.45, 7) is 2.85. The molecule has 1 atom stereocenters. The van der Waals surface area contributed by atoms with Crippen molar-refractivity contribution in [3.05, 3.63) is 45.4 Å². The topological polar surface area (TPSA) is 42.7 Å². The van der Waals surface area contributed by atoms with Crippen molar-refractivity contribution in [3.8, 4) is 0 Å². The Hall–Kier alpha value is -0.910. The summed E-state index contributed by atoms with van der Waals surface area (Å²) < 4.78 is 2.88. The van der Waals surface area contributed by atoms with Crippen LogP contribution in [0.2, 0.25) is 5.02 Å². The van der Waals surface area contributed by atoms with E-state index in [1.54, 1.807) is 12.4 Å². The minimum absolute atomic E-state index is 0.0875. The highest BCUT2D eigenvalue weighted by Crippen LogP contribution is 2.30. The summed E-state index contributed by atoms with van der Waals surface area (Å²) in [6, 6.07) is 3.58. The van der Waals surface area contributed by atoms with Crippen LogP contribution in [0.1, 0.15) is 24.4 Å². The van der Waals surface area contributed by atoms with Crippen molar-refractivity contribution in [2.24, 2.45) is 0 Å². The van der Waals surface area contributed by atoms with Crippen molar-refractivity contribution in [3.63, 3.8) is 0 Å². The predicted octanol–water partition coefficient (Wildman–Crippen LogP) is 3.02. The third kappa shape index (κ3) is 2.43. The van der Waals surface area contributed by atoms with Crippen molar-refractivity contribution in [1.29, 1.82) is 0 Å². The third-order valence-electron chi connectivity index (χ3n) is 2.76. The quantitative estimate of drug-likeness (QED) is 0.937. The molecule has 1 unspecified atom stereocenters. The lowest BCUT2D eigenvalue weighted by Gasteiger charge is -2.18. The van der Waals surface area contributed by atoms with Gasteiger partial charge in [-0.25, -0.2) is 0 Å². The molecule has 0 spiro atoms. The second-order valence-corrected chi connectivity index (χ2v) is 5.05. The summed E-state index contributed by atoms with van der Waals surface area (Å²) in [5.74, 6) is 0. The zero-order chi connectivity index (χ0) is 13.1. The highest BCUT2D eigenvalue weighted by Gasteiger charge is 2.23. The molecule has 0 fully saturated rings. The molecule has 0 saturated heterocycles. The van der Waals surface area contributed by atoms with Gasteiger partial charge in [-0.2, -0.15) is 5.10 Å². The van der Waals surface area contributed by atoms with Gasteiger partial charge in [0.2, 0.25) is 0 Å². The summed E-state index contributed by atoms with van der Waals surface area (Å²) in [5.41, 5.74) is 1.83. The van der Waals surface area contributed by atoms with Gasteiger partial charge in [0.05, 0.1) is 33.1 Å². The number of pyridine rings is 1. The normalized spacial score (nSPS) is 12.7. The first kappa shape index (κ1) is 13.5. The number of nitrogens with zero attached hydrogens (tertiary/aromatic N) is 3. The maximum atomic E-state index is 6.22. The zero-order valence-electron chi connectivity index (χ0n) is 10.2. The molecule has 96 valence electrons. The second-order valence-electron chi connectivity index (χ2n) is 3.79. The minimum atomic E-state index is -0.0875. The maximum absolute atomic E-state index is 6.22.